The van der Waals surface area contributed by atoms with Gasteiger partial charge in [-0.1, -0.05) is 17.3 Å². The number of nitrogens with zero attached hydrogens (tertiary/aromatic N) is 1. The Morgan fingerprint density at radius 2 is 1.65 bits per heavy atom. The van der Waals surface area contributed by atoms with Gasteiger partial charge in [0, 0.05) is 0 Å². The Bertz CT molecular complexity index is 561. The third-order valence-electron chi connectivity index (χ3n) is 3.42. The van der Waals surface area contributed by atoms with Crippen LogP contribution in [0.3, 0.4) is 0 Å². The van der Waals surface area contributed by atoms with Gasteiger partial charge in [-0.25, -0.2) is 0 Å². The van der Waals surface area contributed by atoms with Crippen LogP contribution in [0.5, 0.6) is 11.5 Å². The van der Waals surface area contributed by atoms with Crippen LogP contribution in [0.1, 0.15) is 25.0 Å². The van der Waals surface area contributed by atoms with Crippen molar-refractivity contribution in [2.24, 2.45) is 5.16 Å². The molecule has 6 heteroatoms. The van der Waals surface area contributed by atoms with Crippen LogP contribution in [0.25, 0.3) is 0 Å². The number of benzene rings is 1. The lowest BCUT2D eigenvalue weighted by molar-refractivity contribution is 0.0466. The zero-order valence-corrected chi connectivity index (χ0v) is 16.5. The lowest BCUT2D eigenvalue weighted by Crippen LogP contribution is -2.13. The van der Waals surface area contributed by atoms with E-state index < -0.39 is 0 Å². The van der Waals surface area contributed by atoms with Gasteiger partial charge in [-0.2, -0.15) is 0 Å². The molecule has 0 amide bonds. The molecule has 6 nitrogen and oxygen atoms in total. The van der Waals surface area contributed by atoms with Crippen molar-refractivity contribution in [1.82, 2.24) is 0 Å². The highest BCUT2D eigenvalue weighted by atomic mass is 16.6. The first-order valence-corrected chi connectivity index (χ1v) is 8.78. The summed E-state index contributed by atoms with van der Waals surface area (Å²) in [6.07, 6.45) is 3.94. The quantitative estimate of drug-likeness (QED) is 0.231. The maximum absolute atomic E-state index is 5.85. The summed E-state index contributed by atoms with van der Waals surface area (Å²) in [5.41, 5.74) is 2.90. The van der Waals surface area contributed by atoms with Crippen LogP contribution in [0, 0.1) is 13.8 Å². The van der Waals surface area contributed by atoms with E-state index in [2.05, 4.69) is 9.99 Å². The zero-order chi connectivity index (χ0) is 19.2. The van der Waals surface area contributed by atoms with Crippen LogP contribution in [0.15, 0.2) is 29.4 Å². The van der Waals surface area contributed by atoms with Crippen LogP contribution in [0.2, 0.25) is 0 Å². The van der Waals surface area contributed by atoms with Gasteiger partial charge in [-0.3, -0.25) is 0 Å². The van der Waals surface area contributed by atoms with E-state index in [1.807, 2.05) is 52.0 Å². The number of rotatable bonds is 13. The molecule has 0 spiro atoms. The second-order valence-electron chi connectivity index (χ2n) is 5.79. The van der Waals surface area contributed by atoms with Gasteiger partial charge in [0.25, 0.3) is 0 Å². The molecule has 1 aromatic rings. The topological polar surface area (TPSA) is 58.5 Å². The number of aryl methyl sites for hydroxylation is 2. The summed E-state index contributed by atoms with van der Waals surface area (Å²) in [6, 6.07) is 3.98. The molecule has 1 rings (SSSR count). The Labute approximate surface area is 156 Å². The summed E-state index contributed by atoms with van der Waals surface area (Å²) in [5.74, 6) is 1.74. The fraction of sp³-hybridized carbons (Fsp3) is 0.550. The minimum absolute atomic E-state index is 0.439. The summed E-state index contributed by atoms with van der Waals surface area (Å²) in [6.45, 7) is 10.9. The highest BCUT2D eigenvalue weighted by molar-refractivity contribution is 5.82. The largest absolute Gasteiger partial charge is 0.491 e. The highest BCUT2D eigenvalue weighted by Gasteiger charge is 2.07. The van der Waals surface area contributed by atoms with Gasteiger partial charge in [0.15, 0.2) is 0 Å². The minimum Gasteiger partial charge on any atom is -0.491 e. The molecule has 0 bridgehead atoms. The van der Waals surface area contributed by atoms with Crippen molar-refractivity contribution in [1.29, 1.82) is 0 Å². The first-order valence-electron chi connectivity index (χ1n) is 8.78. The van der Waals surface area contributed by atoms with E-state index in [0.717, 1.165) is 28.3 Å². The predicted molar refractivity (Wildman–Crippen MR) is 103 cm³/mol. The first kappa shape index (κ1) is 22.0. The van der Waals surface area contributed by atoms with Crippen LogP contribution in [0.4, 0.5) is 0 Å². The molecule has 0 saturated heterocycles. The van der Waals surface area contributed by atoms with Gasteiger partial charge in [0.1, 0.15) is 31.8 Å². The van der Waals surface area contributed by atoms with Gasteiger partial charge in [0.05, 0.1) is 32.1 Å². The van der Waals surface area contributed by atoms with Crippen LogP contribution < -0.4 is 9.47 Å². The van der Waals surface area contributed by atoms with Gasteiger partial charge < -0.3 is 23.8 Å². The maximum atomic E-state index is 5.85. The SMILES string of the molecule is C/C=C/COc1cc(C)c(OCCOCCOC/C(C)=N/OC)c(C)c1. The summed E-state index contributed by atoms with van der Waals surface area (Å²) in [7, 11) is 1.51. The van der Waals surface area contributed by atoms with Crippen molar-refractivity contribution in [2.45, 2.75) is 27.7 Å². The normalized spacial score (nSPS) is 11.8. The van der Waals surface area contributed by atoms with E-state index in [4.69, 9.17) is 18.9 Å². The highest BCUT2D eigenvalue weighted by Crippen LogP contribution is 2.28. The molecule has 0 aliphatic heterocycles. The molecule has 0 aliphatic rings. The Kier molecular flexibility index (Phi) is 11.2. The smallest absolute Gasteiger partial charge is 0.125 e. The van der Waals surface area contributed by atoms with Crippen LogP contribution in [-0.2, 0) is 14.3 Å². The Morgan fingerprint density at radius 3 is 2.31 bits per heavy atom. The predicted octanol–water partition coefficient (Wildman–Crippen LogP) is 3.69. The Morgan fingerprint density at radius 1 is 1.00 bits per heavy atom. The van der Waals surface area contributed by atoms with Crippen LogP contribution >= 0.6 is 0 Å². The van der Waals surface area contributed by atoms with Gasteiger partial charge >= 0.3 is 0 Å². The standard InChI is InChI=1S/C20H31NO5/c1-6-7-8-25-19-13-16(2)20(17(3)14-19)26-12-11-23-9-10-24-15-18(4)21-22-5/h6-7,13-14H,8-12,15H2,1-5H3/b7-6+,21-18+. The third-order valence-corrected chi connectivity index (χ3v) is 3.42. The second-order valence-corrected chi connectivity index (χ2v) is 5.79. The molecule has 0 atom stereocenters. The van der Waals surface area contributed by atoms with Crippen molar-refractivity contribution in [3.05, 3.63) is 35.4 Å². The summed E-state index contributed by atoms with van der Waals surface area (Å²) in [5, 5.41) is 3.77. The lowest BCUT2D eigenvalue weighted by atomic mass is 10.1. The molecule has 0 N–H and O–H groups in total. The van der Waals surface area contributed by atoms with Crippen molar-refractivity contribution >= 4 is 5.71 Å². The molecule has 0 unspecified atom stereocenters. The minimum atomic E-state index is 0.439. The average Bonchev–Trinajstić information content (AvgIpc) is 2.59. The number of allylic oxidation sites excluding steroid dienone is 1. The van der Waals surface area contributed by atoms with E-state index in [9.17, 15) is 0 Å². The fourth-order valence-corrected chi connectivity index (χ4v) is 2.29. The first-order chi connectivity index (χ1) is 12.6. The third kappa shape index (κ3) is 8.87. The van der Waals surface area contributed by atoms with Crippen LogP contribution in [-0.4, -0.2) is 52.5 Å². The number of hydrogen-bond donors (Lipinski definition) is 0. The van der Waals surface area contributed by atoms with Gasteiger partial charge in [0.2, 0.25) is 0 Å². The van der Waals surface area contributed by atoms with E-state index in [1.165, 1.54) is 7.11 Å². The monoisotopic (exact) mass is 365 g/mol. The molecule has 26 heavy (non-hydrogen) atoms. The molecule has 0 aromatic heterocycles. The average molecular weight is 365 g/mol. The molecule has 0 fully saturated rings. The van der Waals surface area contributed by atoms with E-state index in [0.29, 0.717) is 39.6 Å². The molecule has 146 valence electrons. The van der Waals surface area contributed by atoms with Gasteiger partial charge in [-0.15, -0.1) is 0 Å². The van der Waals surface area contributed by atoms with Crippen molar-refractivity contribution in [3.8, 4) is 11.5 Å². The summed E-state index contributed by atoms with van der Waals surface area (Å²) in [4.78, 5) is 4.66. The molecule has 0 aliphatic carbocycles. The molecular weight excluding hydrogens is 334 g/mol. The van der Waals surface area contributed by atoms with E-state index in [-0.39, 0.29) is 0 Å². The summed E-state index contributed by atoms with van der Waals surface area (Å²) >= 11 is 0. The van der Waals surface area contributed by atoms with E-state index in [1.54, 1.807) is 0 Å². The van der Waals surface area contributed by atoms with Gasteiger partial charge in [-0.05, 0) is 51.0 Å². The molecule has 0 heterocycles. The molecule has 0 radical (unpaired) electrons. The Balaban J connectivity index is 2.25. The van der Waals surface area contributed by atoms with Crippen molar-refractivity contribution in [2.75, 3.05) is 46.8 Å². The summed E-state index contributed by atoms with van der Waals surface area (Å²) < 4.78 is 22.5. The Hall–Kier alpha value is -2.05. The second kappa shape index (κ2) is 13.2. The van der Waals surface area contributed by atoms with Crippen molar-refractivity contribution < 1.29 is 23.8 Å². The van der Waals surface area contributed by atoms with Crippen molar-refractivity contribution in [3.63, 3.8) is 0 Å². The number of oxime groups is 1. The van der Waals surface area contributed by atoms with E-state index >= 15 is 0 Å². The number of hydrogen-bond acceptors (Lipinski definition) is 6. The lowest BCUT2D eigenvalue weighted by Gasteiger charge is -2.14. The maximum Gasteiger partial charge on any atom is 0.125 e. The molecular formula is C20H31NO5. The molecule has 1 aromatic carbocycles. The number of ether oxygens (including phenoxy) is 4. The zero-order valence-electron chi connectivity index (χ0n) is 16.5. The fourth-order valence-electron chi connectivity index (χ4n) is 2.29. The molecule has 0 saturated carbocycles.